The van der Waals surface area contributed by atoms with Gasteiger partial charge in [0.15, 0.2) is 6.29 Å². The van der Waals surface area contributed by atoms with Crippen LogP contribution in [0.15, 0.2) is 79.0 Å². The first kappa shape index (κ1) is 26.3. The molecule has 1 aliphatic heterocycles. The minimum atomic E-state index is -0.581. The fourth-order valence-corrected chi connectivity index (χ4v) is 5.06. The number of hydrogen-bond donors (Lipinski definition) is 3. The van der Waals surface area contributed by atoms with E-state index in [1.165, 1.54) is 6.20 Å². The second-order valence-electron chi connectivity index (χ2n) is 8.97. The fraction of sp³-hybridized carbons (Fsp3) is 0.276. The highest BCUT2D eigenvalue weighted by Crippen LogP contribution is 2.39. The number of para-hydroxylation sites is 2. The van der Waals surface area contributed by atoms with Gasteiger partial charge in [0.05, 0.1) is 42.7 Å². The highest BCUT2D eigenvalue weighted by Gasteiger charge is 2.32. The predicted octanol–water partition coefficient (Wildman–Crippen LogP) is 4.65. The number of carbonyl (C=O) groups is 1. The summed E-state index contributed by atoms with van der Waals surface area (Å²) in [5.74, 6) is 1.05. The fourth-order valence-electron chi connectivity index (χ4n) is 4.29. The Morgan fingerprint density at radius 3 is 2.42 bits per heavy atom. The van der Waals surface area contributed by atoms with Crippen LogP contribution in [0.3, 0.4) is 0 Å². The number of hydrogen-bond acceptors (Lipinski definition) is 8. The number of benzene rings is 3. The first-order valence-electron chi connectivity index (χ1n) is 12.5. The molecule has 5 rings (SSSR count). The van der Waals surface area contributed by atoms with E-state index in [-0.39, 0.29) is 37.0 Å². The number of fused-ring (bicyclic) bond motifs is 1. The Morgan fingerprint density at radius 1 is 0.947 bits per heavy atom. The Morgan fingerprint density at radius 2 is 1.68 bits per heavy atom. The van der Waals surface area contributed by atoms with Crippen LogP contribution in [0, 0.1) is 0 Å². The third-order valence-electron chi connectivity index (χ3n) is 6.28. The van der Waals surface area contributed by atoms with Gasteiger partial charge in [-0.15, -0.1) is 0 Å². The maximum atomic E-state index is 12.8. The van der Waals surface area contributed by atoms with E-state index in [1.54, 1.807) is 11.8 Å². The molecule has 1 aromatic heterocycles. The average molecular weight is 532 g/mol. The number of nitrogens with zero attached hydrogens (tertiary/aromatic N) is 2. The van der Waals surface area contributed by atoms with E-state index in [0.717, 1.165) is 28.0 Å². The van der Waals surface area contributed by atoms with Crippen molar-refractivity contribution < 1.29 is 24.5 Å². The van der Waals surface area contributed by atoms with Crippen LogP contribution in [0.1, 0.15) is 46.0 Å². The SMILES string of the molecule is O=C(Nc1ccc([C@H]2O[C@@H](CSCCO)C[C@@H](c3ccc(CO)cc3)O2)cc1)c1cnc2ccccc2n1. The maximum Gasteiger partial charge on any atom is 0.275 e. The van der Waals surface area contributed by atoms with Gasteiger partial charge in [-0.3, -0.25) is 9.78 Å². The molecule has 1 saturated heterocycles. The second-order valence-corrected chi connectivity index (χ2v) is 10.1. The van der Waals surface area contributed by atoms with Crippen molar-refractivity contribution in [2.75, 3.05) is 23.4 Å². The summed E-state index contributed by atoms with van der Waals surface area (Å²) in [6.07, 6.45) is 1.35. The Balaban J connectivity index is 1.29. The number of thioether (sulfide) groups is 1. The first-order chi connectivity index (χ1) is 18.6. The molecule has 0 saturated carbocycles. The van der Waals surface area contributed by atoms with Gasteiger partial charge < -0.3 is 25.0 Å². The molecule has 38 heavy (non-hydrogen) atoms. The molecule has 0 aliphatic carbocycles. The molecule has 2 heterocycles. The van der Waals surface area contributed by atoms with Crippen molar-refractivity contribution in [2.45, 2.75) is 31.5 Å². The number of rotatable bonds is 9. The van der Waals surface area contributed by atoms with Gasteiger partial charge in [-0.1, -0.05) is 48.5 Å². The summed E-state index contributed by atoms with van der Waals surface area (Å²) in [7, 11) is 0. The van der Waals surface area contributed by atoms with Gasteiger partial charge in [0.2, 0.25) is 0 Å². The largest absolute Gasteiger partial charge is 0.396 e. The first-order valence-corrected chi connectivity index (χ1v) is 13.6. The lowest BCUT2D eigenvalue weighted by Crippen LogP contribution is -2.31. The molecule has 9 heteroatoms. The van der Waals surface area contributed by atoms with Crippen LogP contribution in [-0.4, -0.2) is 50.3 Å². The van der Waals surface area contributed by atoms with E-state index in [1.807, 2.05) is 72.8 Å². The predicted molar refractivity (Wildman–Crippen MR) is 147 cm³/mol. The van der Waals surface area contributed by atoms with Crippen molar-refractivity contribution in [3.63, 3.8) is 0 Å². The van der Waals surface area contributed by atoms with Crippen LogP contribution in [0.25, 0.3) is 11.0 Å². The molecule has 0 bridgehead atoms. The zero-order chi connectivity index (χ0) is 26.3. The van der Waals surface area contributed by atoms with Crippen molar-refractivity contribution in [1.29, 1.82) is 0 Å². The Bertz CT molecular complexity index is 1370. The molecular weight excluding hydrogens is 502 g/mol. The van der Waals surface area contributed by atoms with Gasteiger partial charge in [0, 0.05) is 29.2 Å². The molecular formula is C29H29N3O5S. The number of nitrogens with one attached hydrogen (secondary N) is 1. The van der Waals surface area contributed by atoms with Crippen molar-refractivity contribution in [1.82, 2.24) is 9.97 Å². The third kappa shape index (κ3) is 6.38. The van der Waals surface area contributed by atoms with Gasteiger partial charge >= 0.3 is 0 Å². The van der Waals surface area contributed by atoms with E-state index in [0.29, 0.717) is 23.4 Å². The lowest BCUT2D eigenvalue weighted by Gasteiger charge is -2.36. The zero-order valence-corrected chi connectivity index (χ0v) is 21.5. The molecule has 1 fully saturated rings. The number of aliphatic hydroxyl groups is 2. The molecule has 1 amide bonds. The van der Waals surface area contributed by atoms with Crippen LogP contribution < -0.4 is 5.32 Å². The molecule has 8 nitrogen and oxygen atoms in total. The summed E-state index contributed by atoms with van der Waals surface area (Å²) < 4.78 is 12.6. The molecule has 0 radical (unpaired) electrons. The molecule has 0 spiro atoms. The molecule has 3 N–H and O–H groups in total. The minimum Gasteiger partial charge on any atom is -0.396 e. The Kier molecular flexibility index (Phi) is 8.62. The standard InChI is InChI=1S/C29H29N3O5S/c33-13-14-38-18-23-15-27(20-7-5-19(17-34)6-8-20)37-29(36-23)21-9-11-22(12-10-21)31-28(35)26-16-30-24-3-1-2-4-25(24)32-26/h1-12,16,23,27,29,33-34H,13-15,17-18H2,(H,31,35)/t23-,27+,29+/m1/s1. The number of carbonyl (C=O) groups excluding carboxylic acids is 1. The Labute approximate surface area is 225 Å². The second kappa shape index (κ2) is 12.5. The van der Waals surface area contributed by atoms with Gasteiger partial charge in [0.1, 0.15) is 5.69 Å². The van der Waals surface area contributed by atoms with E-state index in [9.17, 15) is 9.90 Å². The van der Waals surface area contributed by atoms with Crippen molar-refractivity contribution >= 4 is 34.4 Å². The minimum absolute atomic E-state index is 0.00566. The monoisotopic (exact) mass is 531 g/mol. The summed E-state index contributed by atoms with van der Waals surface area (Å²) >= 11 is 1.65. The van der Waals surface area contributed by atoms with Gasteiger partial charge in [0.25, 0.3) is 5.91 Å². The zero-order valence-electron chi connectivity index (χ0n) is 20.7. The summed E-state index contributed by atoms with van der Waals surface area (Å²) in [6.45, 7) is 0.121. The topological polar surface area (TPSA) is 114 Å². The van der Waals surface area contributed by atoms with Crippen LogP contribution in [-0.2, 0) is 16.1 Å². The third-order valence-corrected chi connectivity index (χ3v) is 7.35. The van der Waals surface area contributed by atoms with Gasteiger partial charge in [-0.05, 0) is 35.4 Å². The summed E-state index contributed by atoms with van der Waals surface area (Å²) in [5.41, 5.74) is 4.96. The molecule has 1 aliphatic rings. The lowest BCUT2D eigenvalue weighted by molar-refractivity contribution is -0.245. The van der Waals surface area contributed by atoms with Crippen molar-refractivity contribution in [3.8, 4) is 0 Å². The normalized spacial score (nSPS) is 19.4. The highest BCUT2D eigenvalue weighted by atomic mass is 32.2. The van der Waals surface area contributed by atoms with Gasteiger partial charge in [-0.25, -0.2) is 4.98 Å². The molecule has 0 unspecified atom stereocenters. The van der Waals surface area contributed by atoms with E-state index < -0.39 is 6.29 Å². The number of aliphatic hydroxyl groups excluding tert-OH is 2. The van der Waals surface area contributed by atoms with Crippen LogP contribution in [0.2, 0.25) is 0 Å². The number of amides is 1. The van der Waals surface area contributed by atoms with E-state index in [2.05, 4.69) is 15.3 Å². The summed E-state index contributed by atoms with van der Waals surface area (Å²) in [6, 6.07) is 22.5. The van der Waals surface area contributed by atoms with Crippen LogP contribution in [0.5, 0.6) is 0 Å². The summed E-state index contributed by atoms with van der Waals surface area (Å²) in [5, 5.41) is 21.4. The average Bonchev–Trinajstić information content (AvgIpc) is 2.97. The van der Waals surface area contributed by atoms with Crippen molar-refractivity contribution in [3.05, 3.63) is 101 Å². The number of ether oxygens (including phenoxy) is 2. The quantitative estimate of drug-likeness (QED) is 0.268. The lowest BCUT2D eigenvalue weighted by atomic mass is 10.0. The van der Waals surface area contributed by atoms with Crippen molar-refractivity contribution in [2.24, 2.45) is 0 Å². The van der Waals surface area contributed by atoms with Crippen LogP contribution in [0.4, 0.5) is 5.69 Å². The maximum absolute atomic E-state index is 12.8. The summed E-state index contributed by atoms with van der Waals surface area (Å²) in [4.78, 5) is 21.5. The molecule has 3 atom stereocenters. The van der Waals surface area contributed by atoms with E-state index in [4.69, 9.17) is 14.6 Å². The molecule has 4 aromatic rings. The van der Waals surface area contributed by atoms with Crippen LogP contribution >= 0.6 is 11.8 Å². The van der Waals surface area contributed by atoms with Gasteiger partial charge in [-0.2, -0.15) is 11.8 Å². The smallest absolute Gasteiger partial charge is 0.275 e. The Hall–Kier alpha value is -3.34. The molecule has 3 aromatic carbocycles. The molecule has 196 valence electrons. The number of aromatic nitrogens is 2. The number of anilines is 1. The highest BCUT2D eigenvalue weighted by molar-refractivity contribution is 7.99. The van der Waals surface area contributed by atoms with E-state index >= 15 is 0 Å².